The molecule has 0 spiro atoms. The van der Waals surface area contributed by atoms with Crippen LogP contribution in [0.25, 0.3) is 11.1 Å². The standard InChI is InChI=1S/C22H20N2O3S/c1-3-23-17-14-16(15-8-6-5-7-9-15)10-11-18(17)26-20(23)13-12-19-21(25)24(4-2)22(28)27-19/h5-14H,3-4H2,1-2H3/b19-12-,20-13+. The van der Waals surface area contributed by atoms with Crippen LogP contribution >= 0.6 is 12.2 Å². The first-order valence-corrected chi connectivity index (χ1v) is 9.63. The number of nitrogens with zero attached hydrogens (tertiary/aromatic N) is 2. The van der Waals surface area contributed by atoms with E-state index >= 15 is 0 Å². The van der Waals surface area contributed by atoms with Crippen molar-refractivity contribution in [2.75, 3.05) is 18.0 Å². The molecule has 1 amide bonds. The number of fused-ring (bicyclic) bond motifs is 1. The highest BCUT2D eigenvalue weighted by atomic mass is 32.1. The fraction of sp³-hybridized carbons (Fsp3) is 0.182. The summed E-state index contributed by atoms with van der Waals surface area (Å²) in [6, 6.07) is 16.4. The minimum atomic E-state index is -0.228. The predicted molar refractivity (Wildman–Crippen MR) is 113 cm³/mol. The number of ether oxygens (including phenoxy) is 2. The molecule has 2 aliphatic rings. The number of carbonyl (C=O) groups excluding carboxylic acids is 1. The molecule has 6 heteroatoms. The average Bonchev–Trinajstić information content (AvgIpc) is 3.21. The van der Waals surface area contributed by atoms with Gasteiger partial charge in [0.15, 0.2) is 11.5 Å². The smallest absolute Gasteiger partial charge is 0.297 e. The molecule has 2 aliphatic heterocycles. The van der Waals surface area contributed by atoms with E-state index in [0.717, 1.165) is 29.1 Å². The van der Waals surface area contributed by atoms with Gasteiger partial charge in [0.05, 0.1) is 5.69 Å². The number of thiocarbonyl (C=S) groups is 1. The van der Waals surface area contributed by atoms with E-state index in [0.29, 0.717) is 12.4 Å². The first-order valence-electron chi connectivity index (χ1n) is 9.23. The Morgan fingerprint density at radius 3 is 2.36 bits per heavy atom. The zero-order valence-corrected chi connectivity index (χ0v) is 16.5. The van der Waals surface area contributed by atoms with Crippen molar-refractivity contribution in [3.63, 3.8) is 0 Å². The maximum Gasteiger partial charge on any atom is 0.297 e. The molecule has 1 saturated heterocycles. The van der Waals surface area contributed by atoms with Gasteiger partial charge in [-0.3, -0.25) is 9.69 Å². The van der Waals surface area contributed by atoms with E-state index in [9.17, 15) is 4.79 Å². The van der Waals surface area contributed by atoms with E-state index in [2.05, 4.69) is 30.0 Å². The summed E-state index contributed by atoms with van der Waals surface area (Å²) < 4.78 is 11.4. The number of benzene rings is 2. The quantitative estimate of drug-likeness (QED) is 0.568. The van der Waals surface area contributed by atoms with Crippen molar-refractivity contribution in [1.29, 1.82) is 0 Å². The van der Waals surface area contributed by atoms with Crippen LogP contribution < -0.4 is 9.64 Å². The van der Waals surface area contributed by atoms with Crippen LogP contribution in [0, 0.1) is 0 Å². The van der Waals surface area contributed by atoms with Crippen LogP contribution in [0.4, 0.5) is 5.69 Å². The Morgan fingerprint density at radius 1 is 0.929 bits per heavy atom. The summed E-state index contributed by atoms with van der Waals surface area (Å²) in [6.45, 7) is 5.13. The third-order valence-electron chi connectivity index (χ3n) is 4.72. The van der Waals surface area contributed by atoms with E-state index < -0.39 is 0 Å². The van der Waals surface area contributed by atoms with Gasteiger partial charge < -0.3 is 14.4 Å². The lowest BCUT2D eigenvalue weighted by atomic mass is 10.0. The largest absolute Gasteiger partial charge is 0.439 e. The fourth-order valence-electron chi connectivity index (χ4n) is 3.30. The van der Waals surface area contributed by atoms with Gasteiger partial charge in [-0.25, -0.2) is 0 Å². The van der Waals surface area contributed by atoms with E-state index in [1.165, 1.54) is 4.90 Å². The number of likely N-dealkylation sites (N-methyl/N-ethyl adjacent to an activating group) is 1. The first-order chi connectivity index (χ1) is 13.6. The van der Waals surface area contributed by atoms with E-state index in [1.807, 2.05) is 37.3 Å². The summed E-state index contributed by atoms with van der Waals surface area (Å²) in [7, 11) is 0. The van der Waals surface area contributed by atoms with Crippen LogP contribution in [0.3, 0.4) is 0 Å². The Labute approximate surface area is 169 Å². The number of hydrogen-bond donors (Lipinski definition) is 0. The maximum atomic E-state index is 12.3. The van der Waals surface area contributed by atoms with Gasteiger partial charge >= 0.3 is 0 Å². The van der Waals surface area contributed by atoms with E-state index in [4.69, 9.17) is 21.7 Å². The zero-order chi connectivity index (χ0) is 19.7. The lowest BCUT2D eigenvalue weighted by Gasteiger charge is -2.15. The molecule has 2 aromatic carbocycles. The molecule has 0 bridgehead atoms. The molecule has 0 saturated carbocycles. The normalized spacial score (nSPS) is 18.6. The van der Waals surface area contributed by atoms with Crippen molar-refractivity contribution < 1.29 is 14.3 Å². The van der Waals surface area contributed by atoms with Crippen molar-refractivity contribution >= 4 is 29.0 Å². The summed E-state index contributed by atoms with van der Waals surface area (Å²) in [4.78, 5) is 15.8. The lowest BCUT2D eigenvalue weighted by Crippen LogP contribution is -2.27. The van der Waals surface area contributed by atoms with Gasteiger partial charge in [0.2, 0.25) is 5.88 Å². The van der Waals surface area contributed by atoms with Gasteiger partial charge in [0.1, 0.15) is 0 Å². The Kier molecular flexibility index (Phi) is 4.88. The topological polar surface area (TPSA) is 42.0 Å². The molecule has 2 aromatic rings. The van der Waals surface area contributed by atoms with Crippen molar-refractivity contribution in [1.82, 2.24) is 4.90 Å². The van der Waals surface area contributed by atoms with Crippen LogP contribution in [0.1, 0.15) is 13.8 Å². The Balaban J connectivity index is 1.63. The molecule has 0 aromatic heterocycles. The molecule has 142 valence electrons. The van der Waals surface area contributed by atoms with Crippen LogP contribution in [-0.4, -0.2) is 29.1 Å². The second-order valence-electron chi connectivity index (χ2n) is 6.35. The molecule has 0 radical (unpaired) electrons. The van der Waals surface area contributed by atoms with Crippen molar-refractivity contribution in [2.24, 2.45) is 0 Å². The van der Waals surface area contributed by atoms with Gasteiger partial charge in [-0.05, 0) is 55.4 Å². The molecule has 0 aliphatic carbocycles. The molecule has 0 unspecified atom stereocenters. The Morgan fingerprint density at radius 2 is 1.68 bits per heavy atom. The minimum Gasteiger partial charge on any atom is -0.439 e. The molecule has 0 atom stereocenters. The van der Waals surface area contributed by atoms with Crippen LogP contribution in [0.5, 0.6) is 5.75 Å². The third-order valence-corrected chi connectivity index (χ3v) is 5.02. The van der Waals surface area contributed by atoms with Gasteiger partial charge in [-0.1, -0.05) is 36.4 Å². The Hall–Kier alpha value is -3.12. The molecule has 1 fully saturated rings. The number of rotatable bonds is 4. The lowest BCUT2D eigenvalue weighted by molar-refractivity contribution is -0.122. The maximum absolute atomic E-state index is 12.3. The van der Waals surface area contributed by atoms with Crippen molar-refractivity contribution in [3.8, 4) is 16.9 Å². The molecule has 4 rings (SSSR count). The minimum absolute atomic E-state index is 0.188. The SMILES string of the molecule is CCN1C(=O)/C(=C/C=C2/Oc3ccc(-c4ccccc4)cc3N2CC)OC1=S. The van der Waals surface area contributed by atoms with Gasteiger partial charge in [0.25, 0.3) is 11.1 Å². The van der Waals surface area contributed by atoms with Gasteiger partial charge in [0, 0.05) is 19.2 Å². The second kappa shape index (κ2) is 7.48. The molecular weight excluding hydrogens is 372 g/mol. The number of carbonyl (C=O) groups is 1. The average molecular weight is 392 g/mol. The Bertz CT molecular complexity index is 998. The summed E-state index contributed by atoms with van der Waals surface area (Å²) in [6.07, 6.45) is 3.37. The van der Waals surface area contributed by atoms with Crippen molar-refractivity contribution in [3.05, 3.63) is 72.3 Å². The highest BCUT2D eigenvalue weighted by Crippen LogP contribution is 2.41. The summed E-state index contributed by atoms with van der Waals surface area (Å²) in [5.74, 6) is 1.41. The zero-order valence-electron chi connectivity index (χ0n) is 15.7. The highest BCUT2D eigenvalue weighted by Gasteiger charge is 2.32. The van der Waals surface area contributed by atoms with E-state index in [-0.39, 0.29) is 16.8 Å². The highest BCUT2D eigenvalue weighted by molar-refractivity contribution is 7.80. The number of anilines is 1. The van der Waals surface area contributed by atoms with Gasteiger partial charge in [-0.2, -0.15) is 0 Å². The first kappa shape index (κ1) is 18.3. The van der Waals surface area contributed by atoms with Crippen LogP contribution in [0.2, 0.25) is 0 Å². The number of hydrogen-bond acceptors (Lipinski definition) is 5. The van der Waals surface area contributed by atoms with Crippen LogP contribution in [-0.2, 0) is 9.53 Å². The molecular formula is C22H20N2O3S. The van der Waals surface area contributed by atoms with Gasteiger partial charge in [-0.15, -0.1) is 0 Å². The molecule has 2 heterocycles. The number of amides is 1. The molecule has 0 N–H and O–H groups in total. The monoisotopic (exact) mass is 392 g/mol. The van der Waals surface area contributed by atoms with Crippen LogP contribution in [0.15, 0.2) is 72.3 Å². The number of allylic oxidation sites excluding steroid dienone is 2. The molecule has 28 heavy (non-hydrogen) atoms. The third kappa shape index (κ3) is 3.16. The summed E-state index contributed by atoms with van der Waals surface area (Å²) in [5.41, 5.74) is 3.27. The summed E-state index contributed by atoms with van der Waals surface area (Å²) in [5, 5.41) is 0.188. The summed E-state index contributed by atoms with van der Waals surface area (Å²) >= 11 is 5.09. The fourth-order valence-corrected chi connectivity index (χ4v) is 3.60. The van der Waals surface area contributed by atoms with E-state index in [1.54, 1.807) is 12.2 Å². The predicted octanol–water partition coefficient (Wildman–Crippen LogP) is 4.46. The second-order valence-corrected chi connectivity index (χ2v) is 6.70. The molecule has 5 nitrogen and oxygen atoms in total. The van der Waals surface area contributed by atoms with Crippen molar-refractivity contribution in [2.45, 2.75) is 13.8 Å².